The van der Waals surface area contributed by atoms with Gasteiger partial charge in [0.05, 0.1) is 23.2 Å². The summed E-state index contributed by atoms with van der Waals surface area (Å²) in [5.41, 5.74) is 8.72. The molecule has 2 atom stereocenters. The number of carbonyl (C=O) groups is 2. The van der Waals surface area contributed by atoms with Gasteiger partial charge >= 0.3 is 0 Å². The van der Waals surface area contributed by atoms with Crippen LogP contribution in [0.5, 0.6) is 0 Å². The quantitative estimate of drug-likeness (QED) is 0.496. The summed E-state index contributed by atoms with van der Waals surface area (Å²) < 4.78 is 0. The van der Waals surface area contributed by atoms with Crippen LogP contribution in [0.3, 0.4) is 0 Å². The minimum absolute atomic E-state index is 0. The summed E-state index contributed by atoms with van der Waals surface area (Å²) in [4.78, 5) is 28.8. The smallest absolute Gasteiger partial charge is 0.250 e. The van der Waals surface area contributed by atoms with Gasteiger partial charge < -0.3 is 21.3 Å². The Bertz CT molecular complexity index is 1130. The van der Waals surface area contributed by atoms with Gasteiger partial charge in [0.25, 0.3) is 5.91 Å². The number of hydrogen-bond donors (Lipinski definition) is 3. The molecule has 1 heterocycles. The molecule has 2 amide bonds. The standard InChI is InChI=1S/C24H26N4O2S.ClH/c1-15(26-2)23(29)27-20-14-31-22-19(25)11-6-12-21(22)28(24(20)30)13-17-9-5-8-16-7-3-4-10-18(16)17;/h3-12,15,20,26H,13-14,25H2,1-2H3,(H,27,29);1H/t15-,20-;/m0./s1. The highest BCUT2D eigenvalue weighted by Gasteiger charge is 2.33. The largest absolute Gasteiger partial charge is 0.398 e. The molecule has 3 aromatic rings. The third-order valence-electron chi connectivity index (χ3n) is 5.63. The zero-order chi connectivity index (χ0) is 22.0. The maximum absolute atomic E-state index is 13.6. The summed E-state index contributed by atoms with van der Waals surface area (Å²) in [6.45, 7) is 2.16. The highest BCUT2D eigenvalue weighted by molar-refractivity contribution is 7.99. The van der Waals surface area contributed by atoms with Crippen molar-refractivity contribution in [1.82, 2.24) is 10.6 Å². The molecule has 0 unspecified atom stereocenters. The summed E-state index contributed by atoms with van der Waals surface area (Å²) in [7, 11) is 1.72. The number of nitrogens with zero attached hydrogens (tertiary/aromatic N) is 1. The van der Waals surface area contributed by atoms with Crippen LogP contribution < -0.4 is 21.3 Å². The van der Waals surface area contributed by atoms with Crippen LogP contribution in [0.25, 0.3) is 10.8 Å². The monoisotopic (exact) mass is 470 g/mol. The van der Waals surface area contributed by atoms with Gasteiger partial charge in [-0.05, 0) is 42.4 Å². The maximum atomic E-state index is 13.6. The fourth-order valence-electron chi connectivity index (χ4n) is 3.75. The molecular formula is C24H27ClN4O2S. The number of hydrogen-bond acceptors (Lipinski definition) is 5. The van der Waals surface area contributed by atoms with Gasteiger partial charge in [-0.1, -0.05) is 48.5 Å². The fraction of sp³-hybridized carbons (Fsp3) is 0.250. The average molecular weight is 471 g/mol. The van der Waals surface area contributed by atoms with E-state index in [0.29, 0.717) is 18.0 Å². The predicted octanol–water partition coefficient (Wildman–Crippen LogP) is 3.58. The zero-order valence-corrected chi connectivity index (χ0v) is 19.6. The van der Waals surface area contributed by atoms with E-state index in [1.54, 1.807) is 18.9 Å². The first-order chi connectivity index (χ1) is 15.0. The van der Waals surface area contributed by atoms with Crippen molar-refractivity contribution in [2.75, 3.05) is 23.4 Å². The number of likely N-dealkylation sites (N-methyl/N-ethyl adjacent to an activating group) is 1. The molecule has 1 aliphatic heterocycles. The Morgan fingerprint density at radius 1 is 1.16 bits per heavy atom. The number of rotatable bonds is 5. The van der Waals surface area contributed by atoms with E-state index >= 15 is 0 Å². The molecular weight excluding hydrogens is 444 g/mol. The number of anilines is 2. The number of nitrogens with two attached hydrogens (primary N) is 1. The first-order valence-corrected chi connectivity index (χ1v) is 11.2. The van der Waals surface area contributed by atoms with Crippen LogP contribution in [0.2, 0.25) is 0 Å². The van der Waals surface area contributed by atoms with Gasteiger partial charge in [0.1, 0.15) is 6.04 Å². The van der Waals surface area contributed by atoms with Crippen molar-refractivity contribution in [1.29, 1.82) is 0 Å². The van der Waals surface area contributed by atoms with Gasteiger partial charge in [0, 0.05) is 11.4 Å². The van der Waals surface area contributed by atoms with Crippen LogP contribution in [-0.2, 0) is 16.1 Å². The van der Waals surface area contributed by atoms with Crippen molar-refractivity contribution in [2.24, 2.45) is 0 Å². The number of nitrogens with one attached hydrogen (secondary N) is 2. The molecule has 0 spiro atoms. The topological polar surface area (TPSA) is 87.5 Å². The van der Waals surface area contributed by atoms with Gasteiger partial charge in [0.15, 0.2) is 0 Å². The van der Waals surface area contributed by atoms with E-state index in [1.807, 2.05) is 42.5 Å². The minimum Gasteiger partial charge on any atom is -0.398 e. The SMILES string of the molecule is CN[C@@H](C)C(=O)N[C@H]1CSc2c(N)cccc2N(Cc2cccc3ccccc23)C1=O.Cl. The molecule has 4 N–H and O–H groups in total. The molecule has 3 aromatic carbocycles. The number of fused-ring (bicyclic) bond motifs is 2. The second-order valence-corrected chi connectivity index (χ2v) is 8.67. The Labute approximate surface area is 198 Å². The normalized spacial score (nSPS) is 16.6. The van der Waals surface area contributed by atoms with E-state index in [0.717, 1.165) is 26.9 Å². The molecule has 6 nitrogen and oxygen atoms in total. The number of carbonyl (C=O) groups excluding carboxylic acids is 2. The van der Waals surface area contributed by atoms with E-state index in [-0.39, 0.29) is 30.3 Å². The minimum atomic E-state index is -0.643. The fourth-order valence-corrected chi connectivity index (χ4v) is 4.87. The molecule has 0 bridgehead atoms. The van der Waals surface area contributed by atoms with Crippen molar-refractivity contribution < 1.29 is 9.59 Å². The van der Waals surface area contributed by atoms with E-state index in [1.165, 1.54) is 11.8 Å². The van der Waals surface area contributed by atoms with Gasteiger partial charge in [0.2, 0.25) is 5.91 Å². The van der Waals surface area contributed by atoms with Crippen molar-refractivity contribution in [3.8, 4) is 0 Å². The summed E-state index contributed by atoms with van der Waals surface area (Å²) in [6.07, 6.45) is 0. The molecule has 8 heteroatoms. The Morgan fingerprint density at radius 3 is 2.66 bits per heavy atom. The summed E-state index contributed by atoms with van der Waals surface area (Å²) in [5, 5.41) is 8.05. The molecule has 32 heavy (non-hydrogen) atoms. The lowest BCUT2D eigenvalue weighted by atomic mass is 10.0. The first-order valence-electron chi connectivity index (χ1n) is 10.3. The highest BCUT2D eigenvalue weighted by atomic mass is 35.5. The first kappa shape index (κ1) is 23.9. The second-order valence-electron chi connectivity index (χ2n) is 7.64. The zero-order valence-electron chi connectivity index (χ0n) is 18.0. The van der Waals surface area contributed by atoms with Gasteiger partial charge in [-0.15, -0.1) is 24.2 Å². The number of nitrogen functional groups attached to an aromatic ring is 1. The predicted molar refractivity (Wildman–Crippen MR) is 134 cm³/mol. The Kier molecular flexibility index (Phi) is 7.66. The summed E-state index contributed by atoms with van der Waals surface area (Å²) in [6, 6.07) is 18.8. The molecule has 4 rings (SSSR count). The Hall–Kier alpha value is -2.74. The second kappa shape index (κ2) is 10.3. The van der Waals surface area contributed by atoms with Gasteiger partial charge in [-0.25, -0.2) is 0 Å². The van der Waals surface area contributed by atoms with E-state index in [9.17, 15) is 9.59 Å². The molecule has 0 saturated carbocycles. The van der Waals surface area contributed by atoms with Crippen LogP contribution in [-0.4, -0.2) is 36.7 Å². The number of benzene rings is 3. The Morgan fingerprint density at radius 2 is 1.88 bits per heavy atom. The lowest BCUT2D eigenvalue weighted by molar-refractivity contribution is -0.128. The van der Waals surface area contributed by atoms with Crippen molar-refractivity contribution in [2.45, 2.75) is 30.4 Å². The van der Waals surface area contributed by atoms with Gasteiger partial charge in [-0.3, -0.25) is 9.59 Å². The lowest BCUT2D eigenvalue weighted by Crippen LogP contribution is -2.53. The van der Waals surface area contributed by atoms with Crippen LogP contribution in [0.4, 0.5) is 11.4 Å². The third kappa shape index (κ3) is 4.70. The molecule has 0 aromatic heterocycles. The van der Waals surface area contributed by atoms with Crippen LogP contribution in [0.15, 0.2) is 65.6 Å². The summed E-state index contributed by atoms with van der Waals surface area (Å²) in [5.74, 6) is 0.0841. The van der Waals surface area contributed by atoms with E-state index in [2.05, 4.69) is 28.8 Å². The van der Waals surface area contributed by atoms with Crippen molar-refractivity contribution in [3.05, 3.63) is 66.2 Å². The van der Waals surface area contributed by atoms with Gasteiger partial charge in [-0.2, -0.15) is 0 Å². The van der Waals surface area contributed by atoms with Crippen LogP contribution in [0, 0.1) is 0 Å². The number of amides is 2. The highest BCUT2D eigenvalue weighted by Crippen LogP contribution is 2.39. The Balaban J connectivity index is 0.00000289. The summed E-state index contributed by atoms with van der Waals surface area (Å²) >= 11 is 1.50. The van der Waals surface area contributed by atoms with Crippen molar-refractivity contribution in [3.63, 3.8) is 0 Å². The molecule has 168 valence electrons. The number of thioether (sulfide) groups is 1. The third-order valence-corrected chi connectivity index (χ3v) is 6.86. The van der Waals surface area contributed by atoms with Crippen molar-refractivity contribution >= 4 is 58.1 Å². The molecule has 0 aliphatic carbocycles. The maximum Gasteiger partial charge on any atom is 0.250 e. The molecule has 1 aliphatic rings. The van der Waals surface area contributed by atoms with E-state index < -0.39 is 6.04 Å². The number of halogens is 1. The van der Waals surface area contributed by atoms with Crippen LogP contribution >= 0.6 is 24.2 Å². The van der Waals surface area contributed by atoms with E-state index in [4.69, 9.17) is 5.73 Å². The molecule has 0 fully saturated rings. The molecule has 0 radical (unpaired) electrons. The average Bonchev–Trinajstić information content (AvgIpc) is 2.91. The lowest BCUT2D eigenvalue weighted by Gasteiger charge is -2.27. The van der Waals surface area contributed by atoms with Crippen LogP contribution in [0.1, 0.15) is 12.5 Å². The molecule has 0 saturated heterocycles.